The van der Waals surface area contributed by atoms with Crippen molar-refractivity contribution in [1.29, 1.82) is 0 Å². The van der Waals surface area contributed by atoms with E-state index in [0.717, 1.165) is 37.0 Å². The molecule has 0 atom stereocenters. The summed E-state index contributed by atoms with van der Waals surface area (Å²) >= 11 is 0. The molecule has 2 aliphatic rings. The highest BCUT2D eigenvalue weighted by Crippen LogP contribution is 2.30. The van der Waals surface area contributed by atoms with Gasteiger partial charge in [0, 0.05) is 55.8 Å². The Balaban J connectivity index is 1.26. The van der Waals surface area contributed by atoms with E-state index in [4.69, 9.17) is 18.9 Å². The van der Waals surface area contributed by atoms with E-state index in [1.807, 2.05) is 32.9 Å². The molecule has 0 N–H and O–H groups in total. The molecule has 0 radical (unpaired) electrons. The first kappa shape index (κ1) is 27.7. The monoisotopic (exact) mass is 551 g/mol. The number of piperidine rings is 1. The Morgan fingerprint density at radius 3 is 2.52 bits per heavy atom. The third-order valence-corrected chi connectivity index (χ3v) is 7.10. The SMILES string of the molecule is COc1ccc2ccc(=O)n(CCN3CCC(N(Cc4cc5c(cn4)OCCO5)C(=O)OC(C)(C)C)CC3)c2n1. The van der Waals surface area contributed by atoms with Crippen molar-refractivity contribution >= 4 is 17.1 Å². The molecule has 1 amide bonds. The van der Waals surface area contributed by atoms with Crippen molar-refractivity contribution in [2.45, 2.75) is 58.3 Å². The van der Waals surface area contributed by atoms with Crippen LogP contribution < -0.4 is 19.8 Å². The number of aromatic nitrogens is 3. The lowest BCUT2D eigenvalue weighted by Crippen LogP contribution is -2.49. The van der Waals surface area contributed by atoms with Gasteiger partial charge in [0.05, 0.1) is 25.5 Å². The van der Waals surface area contributed by atoms with Gasteiger partial charge in [0.15, 0.2) is 11.5 Å². The van der Waals surface area contributed by atoms with Crippen molar-refractivity contribution in [2.75, 3.05) is 40.0 Å². The number of hydrogen-bond acceptors (Lipinski definition) is 9. The van der Waals surface area contributed by atoms with E-state index in [2.05, 4.69) is 14.9 Å². The van der Waals surface area contributed by atoms with Gasteiger partial charge >= 0.3 is 6.09 Å². The van der Waals surface area contributed by atoms with Crippen LogP contribution in [0.3, 0.4) is 0 Å². The number of fused-ring (bicyclic) bond motifs is 2. The molecule has 0 bridgehead atoms. The van der Waals surface area contributed by atoms with E-state index in [0.29, 0.717) is 55.9 Å². The smallest absolute Gasteiger partial charge is 0.410 e. The molecule has 0 spiro atoms. The van der Waals surface area contributed by atoms with Crippen LogP contribution in [0, 0.1) is 0 Å². The largest absolute Gasteiger partial charge is 0.486 e. The first-order chi connectivity index (χ1) is 19.2. The number of carbonyl (C=O) groups excluding carboxylic acids is 1. The molecule has 5 rings (SSSR count). The summed E-state index contributed by atoms with van der Waals surface area (Å²) in [5.41, 5.74) is 0.630. The zero-order valence-corrected chi connectivity index (χ0v) is 23.6. The Hall–Kier alpha value is -3.86. The van der Waals surface area contributed by atoms with E-state index in [1.54, 1.807) is 41.0 Å². The van der Waals surface area contributed by atoms with Gasteiger partial charge in [0.2, 0.25) is 5.88 Å². The topological polar surface area (TPSA) is 108 Å². The second-order valence-electron chi connectivity index (χ2n) is 11.1. The van der Waals surface area contributed by atoms with E-state index in [9.17, 15) is 9.59 Å². The molecule has 1 saturated heterocycles. The molecule has 0 saturated carbocycles. The number of nitrogens with zero attached hydrogens (tertiary/aromatic N) is 5. The van der Waals surface area contributed by atoms with Crippen LogP contribution in [0.2, 0.25) is 0 Å². The molecule has 0 aromatic carbocycles. The van der Waals surface area contributed by atoms with Crippen LogP contribution in [0.15, 0.2) is 41.3 Å². The lowest BCUT2D eigenvalue weighted by Gasteiger charge is -2.39. The van der Waals surface area contributed by atoms with Crippen LogP contribution in [0.1, 0.15) is 39.3 Å². The minimum Gasteiger partial charge on any atom is -0.486 e. The summed E-state index contributed by atoms with van der Waals surface area (Å²) in [5, 5.41) is 0.889. The molecule has 0 unspecified atom stereocenters. The maximum atomic E-state index is 13.3. The van der Waals surface area contributed by atoms with E-state index >= 15 is 0 Å². The van der Waals surface area contributed by atoms with Crippen molar-refractivity contribution in [3.63, 3.8) is 0 Å². The number of amides is 1. The Labute approximate surface area is 233 Å². The third kappa shape index (κ3) is 6.47. The number of ether oxygens (including phenoxy) is 4. The van der Waals surface area contributed by atoms with Gasteiger partial charge in [-0.15, -0.1) is 0 Å². The van der Waals surface area contributed by atoms with Crippen molar-refractivity contribution in [1.82, 2.24) is 24.3 Å². The molecule has 2 aliphatic heterocycles. The molecule has 3 aromatic rings. The highest BCUT2D eigenvalue weighted by molar-refractivity contribution is 5.75. The van der Waals surface area contributed by atoms with Gasteiger partial charge in [0.1, 0.15) is 24.5 Å². The standard InChI is InChI=1S/C29H37N5O6/c1-29(2,3)40-28(36)34(19-21-17-23-24(18-30-21)39-16-15-38-23)22-9-11-32(12-10-22)13-14-33-26(35)8-6-20-5-7-25(37-4)31-27(20)33/h5-8,17-18,22H,9-16,19H2,1-4H3. The summed E-state index contributed by atoms with van der Waals surface area (Å²) in [6, 6.07) is 8.89. The first-order valence-electron chi connectivity index (χ1n) is 13.7. The lowest BCUT2D eigenvalue weighted by atomic mass is 10.0. The minimum absolute atomic E-state index is 0.00712. The van der Waals surface area contributed by atoms with Gasteiger partial charge in [-0.3, -0.25) is 19.2 Å². The zero-order valence-electron chi connectivity index (χ0n) is 23.6. The second-order valence-corrected chi connectivity index (χ2v) is 11.1. The summed E-state index contributed by atoms with van der Waals surface area (Å²) in [5.74, 6) is 1.74. The highest BCUT2D eigenvalue weighted by Gasteiger charge is 2.32. The van der Waals surface area contributed by atoms with Crippen LogP contribution in [-0.2, 0) is 17.8 Å². The predicted molar refractivity (Wildman–Crippen MR) is 149 cm³/mol. The number of hydrogen-bond donors (Lipinski definition) is 0. The van der Waals surface area contributed by atoms with Crippen molar-refractivity contribution in [2.24, 2.45) is 0 Å². The van der Waals surface area contributed by atoms with Gasteiger partial charge in [-0.05, 0) is 45.7 Å². The number of pyridine rings is 3. The Morgan fingerprint density at radius 2 is 1.80 bits per heavy atom. The maximum Gasteiger partial charge on any atom is 0.410 e. The summed E-state index contributed by atoms with van der Waals surface area (Å²) in [7, 11) is 1.56. The van der Waals surface area contributed by atoms with Gasteiger partial charge in [-0.25, -0.2) is 4.79 Å². The van der Waals surface area contributed by atoms with Gasteiger partial charge in [0.25, 0.3) is 5.56 Å². The number of rotatable bonds is 7. The van der Waals surface area contributed by atoms with Crippen molar-refractivity contribution in [3.05, 3.63) is 52.6 Å². The molecule has 11 heteroatoms. The summed E-state index contributed by atoms with van der Waals surface area (Å²) in [4.78, 5) is 39.1. The van der Waals surface area contributed by atoms with Gasteiger partial charge < -0.3 is 23.8 Å². The molecule has 11 nitrogen and oxygen atoms in total. The lowest BCUT2D eigenvalue weighted by molar-refractivity contribution is 0.00529. The maximum absolute atomic E-state index is 13.3. The van der Waals surface area contributed by atoms with Crippen LogP contribution >= 0.6 is 0 Å². The fourth-order valence-corrected chi connectivity index (χ4v) is 5.08. The minimum atomic E-state index is -0.612. The normalized spacial score (nSPS) is 16.1. The molecular formula is C29H37N5O6. The molecule has 0 aliphatic carbocycles. The third-order valence-electron chi connectivity index (χ3n) is 7.10. The van der Waals surface area contributed by atoms with Gasteiger partial charge in [-0.1, -0.05) is 0 Å². The summed E-state index contributed by atoms with van der Waals surface area (Å²) in [6.45, 7) is 9.68. The summed E-state index contributed by atoms with van der Waals surface area (Å²) < 4.78 is 24.1. The number of likely N-dealkylation sites (tertiary alicyclic amines) is 1. The number of methoxy groups -OCH3 is 1. The highest BCUT2D eigenvalue weighted by atomic mass is 16.6. The van der Waals surface area contributed by atoms with Crippen LogP contribution in [0.4, 0.5) is 4.79 Å². The first-order valence-corrected chi connectivity index (χ1v) is 13.7. The number of carbonyl (C=O) groups is 1. The van der Waals surface area contributed by atoms with Gasteiger partial charge in [-0.2, -0.15) is 4.98 Å². The van der Waals surface area contributed by atoms with Crippen molar-refractivity contribution < 1.29 is 23.7 Å². The Kier molecular flexibility index (Phi) is 8.11. The molecule has 5 heterocycles. The molecule has 214 valence electrons. The van der Waals surface area contributed by atoms with Crippen LogP contribution in [-0.4, -0.2) is 82.0 Å². The van der Waals surface area contributed by atoms with Crippen molar-refractivity contribution in [3.8, 4) is 17.4 Å². The Bertz CT molecular complexity index is 1410. The molecular weight excluding hydrogens is 514 g/mol. The average Bonchev–Trinajstić information content (AvgIpc) is 2.94. The quantitative estimate of drug-likeness (QED) is 0.436. The predicted octanol–water partition coefficient (Wildman–Crippen LogP) is 3.47. The molecule has 1 fully saturated rings. The Morgan fingerprint density at radius 1 is 1.07 bits per heavy atom. The summed E-state index contributed by atoms with van der Waals surface area (Å²) in [6.07, 6.45) is 2.85. The molecule has 3 aromatic heterocycles. The van der Waals surface area contributed by atoms with E-state index in [1.165, 1.54) is 0 Å². The second kappa shape index (κ2) is 11.7. The van der Waals surface area contributed by atoms with E-state index < -0.39 is 5.60 Å². The zero-order chi connectivity index (χ0) is 28.3. The van der Waals surface area contributed by atoms with Crippen LogP contribution in [0.5, 0.6) is 17.4 Å². The van der Waals surface area contributed by atoms with Crippen LogP contribution in [0.25, 0.3) is 11.0 Å². The fourth-order valence-electron chi connectivity index (χ4n) is 5.08. The average molecular weight is 552 g/mol. The molecule has 40 heavy (non-hydrogen) atoms. The fraction of sp³-hybridized carbons (Fsp3) is 0.517. The van der Waals surface area contributed by atoms with E-state index in [-0.39, 0.29) is 17.7 Å².